The molecular weight excluding hydrogens is 247 g/mol. The normalized spacial score (nSPS) is 12.7. The molecule has 16 heavy (non-hydrogen) atoms. The van der Waals surface area contributed by atoms with Gasteiger partial charge in [0.05, 0.1) is 16.1 Å². The number of benzene rings is 1. The van der Waals surface area contributed by atoms with Gasteiger partial charge in [-0.05, 0) is 18.7 Å². The fourth-order valence-electron chi connectivity index (χ4n) is 1.54. The van der Waals surface area contributed by atoms with E-state index < -0.39 is 0 Å². The minimum Gasteiger partial charge on any atom is -0.307 e. The molecule has 2 aromatic rings. The summed E-state index contributed by atoms with van der Waals surface area (Å²) in [6.45, 7) is 0. The van der Waals surface area contributed by atoms with E-state index in [0.29, 0.717) is 15.9 Å². The number of halogens is 2. The van der Waals surface area contributed by atoms with Gasteiger partial charge < -0.3 is 5.32 Å². The van der Waals surface area contributed by atoms with Crippen LogP contribution in [0.2, 0.25) is 10.0 Å². The van der Waals surface area contributed by atoms with Crippen molar-refractivity contribution in [3.05, 3.63) is 46.0 Å². The number of hydrogen-bond acceptors (Lipinski definition) is 3. The highest BCUT2D eigenvalue weighted by Gasteiger charge is 2.18. The first-order valence-electron chi connectivity index (χ1n) is 4.70. The highest BCUT2D eigenvalue weighted by molar-refractivity contribution is 6.42. The molecule has 2 rings (SSSR count). The average Bonchev–Trinajstić information content (AvgIpc) is 2.79. The van der Waals surface area contributed by atoms with Crippen LogP contribution in [-0.2, 0) is 0 Å². The lowest BCUT2D eigenvalue weighted by Gasteiger charge is -2.15. The van der Waals surface area contributed by atoms with Gasteiger partial charge in [-0.2, -0.15) is 5.10 Å². The summed E-state index contributed by atoms with van der Waals surface area (Å²) in [5.74, 6) is 0.701. The summed E-state index contributed by atoms with van der Waals surface area (Å²) in [6.07, 6.45) is 1.46. The number of H-pyrrole nitrogens is 1. The molecule has 0 aliphatic rings. The molecule has 0 aliphatic heterocycles. The standard InChI is InChI=1S/C10H10Cl2N4/c1-13-9(10-14-5-15-16-10)6-3-2-4-7(11)8(6)12/h2-5,9,13H,1H3,(H,14,15,16). The summed E-state index contributed by atoms with van der Waals surface area (Å²) < 4.78 is 0. The van der Waals surface area contributed by atoms with Crippen molar-refractivity contribution >= 4 is 23.2 Å². The Morgan fingerprint density at radius 2 is 2.19 bits per heavy atom. The molecule has 0 saturated carbocycles. The van der Waals surface area contributed by atoms with Crippen molar-refractivity contribution in [2.75, 3.05) is 7.05 Å². The first-order valence-corrected chi connectivity index (χ1v) is 5.46. The van der Waals surface area contributed by atoms with Gasteiger partial charge in [-0.1, -0.05) is 35.3 Å². The second-order valence-electron chi connectivity index (χ2n) is 3.24. The predicted octanol–water partition coefficient (Wildman–Crippen LogP) is 2.42. The third-order valence-electron chi connectivity index (χ3n) is 2.29. The zero-order chi connectivity index (χ0) is 11.5. The Bertz CT molecular complexity index is 470. The van der Waals surface area contributed by atoms with Crippen LogP contribution in [-0.4, -0.2) is 22.2 Å². The van der Waals surface area contributed by atoms with Gasteiger partial charge in [0.25, 0.3) is 0 Å². The molecule has 0 radical (unpaired) electrons. The number of aromatic nitrogens is 3. The largest absolute Gasteiger partial charge is 0.307 e. The zero-order valence-corrected chi connectivity index (χ0v) is 10.0. The van der Waals surface area contributed by atoms with Crippen LogP contribution in [0, 0.1) is 0 Å². The number of aromatic amines is 1. The van der Waals surface area contributed by atoms with Crippen LogP contribution in [0.1, 0.15) is 17.4 Å². The molecule has 0 fully saturated rings. The zero-order valence-electron chi connectivity index (χ0n) is 8.54. The van der Waals surface area contributed by atoms with Gasteiger partial charge in [0.15, 0.2) is 0 Å². The predicted molar refractivity (Wildman–Crippen MR) is 63.7 cm³/mol. The van der Waals surface area contributed by atoms with E-state index in [1.54, 1.807) is 6.07 Å². The Labute approximate surface area is 103 Å². The Morgan fingerprint density at radius 3 is 2.81 bits per heavy atom. The molecule has 0 spiro atoms. The van der Waals surface area contributed by atoms with Gasteiger partial charge in [-0.15, -0.1) is 0 Å². The summed E-state index contributed by atoms with van der Waals surface area (Å²) in [4.78, 5) is 4.10. The number of hydrogen-bond donors (Lipinski definition) is 2. The molecule has 0 aliphatic carbocycles. The minimum absolute atomic E-state index is 0.145. The first-order chi connectivity index (χ1) is 7.74. The molecule has 6 heteroatoms. The SMILES string of the molecule is CNC(c1ncn[nH]1)c1cccc(Cl)c1Cl. The first kappa shape index (κ1) is 11.4. The molecule has 4 nitrogen and oxygen atoms in total. The van der Waals surface area contributed by atoms with E-state index in [1.807, 2.05) is 19.2 Å². The van der Waals surface area contributed by atoms with Crippen LogP contribution in [0.15, 0.2) is 24.5 Å². The number of rotatable bonds is 3. The quantitative estimate of drug-likeness (QED) is 0.887. The lowest BCUT2D eigenvalue weighted by molar-refractivity contribution is 0.650. The second-order valence-corrected chi connectivity index (χ2v) is 4.02. The van der Waals surface area contributed by atoms with Gasteiger partial charge in [-0.3, -0.25) is 5.10 Å². The van der Waals surface area contributed by atoms with E-state index in [4.69, 9.17) is 23.2 Å². The van der Waals surface area contributed by atoms with E-state index in [0.717, 1.165) is 5.56 Å². The molecule has 2 N–H and O–H groups in total. The summed E-state index contributed by atoms with van der Waals surface area (Å²) in [6, 6.07) is 5.36. The Kier molecular flexibility index (Phi) is 3.43. The van der Waals surface area contributed by atoms with Crippen LogP contribution in [0.4, 0.5) is 0 Å². The highest BCUT2D eigenvalue weighted by Crippen LogP contribution is 2.31. The topological polar surface area (TPSA) is 53.6 Å². The van der Waals surface area contributed by atoms with E-state index in [9.17, 15) is 0 Å². The summed E-state index contributed by atoms with van der Waals surface area (Å²) >= 11 is 12.1. The molecule has 1 heterocycles. The van der Waals surface area contributed by atoms with Crippen molar-refractivity contribution in [1.82, 2.24) is 20.5 Å². The summed E-state index contributed by atoms with van der Waals surface area (Å²) in [5.41, 5.74) is 0.869. The van der Waals surface area contributed by atoms with Crippen LogP contribution in [0.5, 0.6) is 0 Å². The lowest BCUT2D eigenvalue weighted by Crippen LogP contribution is -2.19. The van der Waals surface area contributed by atoms with Crippen molar-refractivity contribution in [3.63, 3.8) is 0 Å². The van der Waals surface area contributed by atoms with Crippen LogP contribution >= 0.6 is 23.2 Å². The Morgan fingerprint density at radius 1 is 1.38 bits per heavy atom. The Balaban J connectivity index is 2.45. The lowest BCUT2D eigenvalue weighted by atomic mass is 10.1. The van der Waals surface area contributed by atoms with Gasteiger partial charge in [0.2, 0.25) is 0 Å². The highest BCUT2D eigenvalue weighted by atomic mass is 35.5. The van der Waals surface area contributed by atoms with Crippen molar-refractivity contribution < 1.29 is 0 Å². The maximum atomic E-state index is 6.15. The van der Waals surface area contributed by atoms with Gasteiger partial charge >= 0.3 is 0 Å². The van der Waals surface area contributed by atoms with Crippen LogP contribution in [0.25, 0.3) is 0 Å². The molecule has 1 unspecified atom stereocenters. The molecule has 1 aromatic heterocycles. The minimum atomic E-state index is -0.145. The van der Waals surface area contributed by atoms with E-state index in [-0.39, 0.29) is 6.04 Å². The van der Waals surface area contributed by atoms with Gasteiger partial charge in [0.1, 0.15) is 12.2 Å². The van der Waals surface area contributed by atoms with Gasteiger partial charge in [0, 0.05) is 0 Å². The number of nitrogens with zero attached hydrogens (tertiary/aromatic N) is 2. The second kappa shape index (κ2) is 4.82. The molecular formula is C10H10Cl2N4. The molecule has 1 aromatic carbocycles. The van der Waals surface area contributed by atoms with Crippen molar-refractivity contribution in [3.8, 4) is 0 Å². The third-order valence-corrected chi connectivity index (χ3v) is 3.12. The third kappa shape index (κ3) is 2.04. The number of nitrogens with one attached hydrogen (secondary N) is 2. The maximum absolute atomic E-state index is 6.15. The monoisotopic (exact) mass is 256 g/mol. The smallest absolute Gasteiger partial charge is 0.146 e. The van der Waals surface area contributed by atoms with E-state index in [2.05, 4.69) is 20.5 Å². The maximum Gasteiger partial charge on any atom is 0.146 e. The van der Waals surface area contributed by atoms with Crippen molar-refractivity contribution in [1.29, 1.82) is 0 Å². The fraction of sp³-hybridized carbons (Fsp3) is 0.200. The summed E-state index contributed by atoms with van der Waals surface area (Å²) in [7, 11) is 1.82. The van der Waals surface area contributed by atoms with E-state index in [1.165, 1.54) is 6.33 Å². The molecule has 1 atom stereocenters. The van der Waals surface area contributed by atoms with Crippen molar-refractivity contribution in [2.45, 2.75) is 6.04 Å². The molecule has 84 valence electrons. The van der Waals surface area contributed by atoms with Crippen LogP contribution in [0.3, 0.4) is 0 Å². The average molecular weight is 257 g/mol. The Hall–Kier alpha value is -1.10. The fourth-order valence-corrected chi connectivity index (χ4v) is 1.95. The summed E-state index contributed by atoms with van der Waals surface area (Å²) in [5, 5.41) is 10.8. The van der Waals surface area contributed by atoms with E-state index >= 15 is 0 Å². The van der Waals surface area contributed by atoms with Gasteiger partial charge in [-0.25, -0.2) is 4.98 Å². The van der Waals surface area contributed by atoms with Crippen molar-refractivity contribution in [2.24, 2.45) is 0 Å². The van der Waals surface area contributed by atoms with Crippen LogP contribution < -0.4 is 5.32 Å². The molecule has 0 amide bonds. The molecule has 0 bridgehead atoms. The molecule has 0 saturated heterocycles.